The summed E-state index contributed by atoms with van der Waals surface area (Å²) in [5.41, 5.74) is 5.05. The zero-order valence-corrected chi connectivity index (χ0v) is 13.9. The van der Waals surface area contributed by atoms with Crippen LogP contribution in [0.5, 0.6) is 5.75 Å². The summed E-state index contributed by atoms with van der Waals surface area (Å²) in [6, 6.07) is 7.56. The van der Waals surface area contributed by atoms with Gasteiger partial charge in [0.15, 0.2) is 11.6 Å². The van der Waals surface area contributed by atoms with Crippen molar-refractivity contribution in [3.05, 3.63) is 45.5 Å². The molecule has 0 saturated carbocycles. The number of aromatic nitrogens is 1. The number of ether oxygens (including phenoxy) is 1. The molecule has 1 heterocycles. The second-order valence-electron chi connectivity index (χ2n) is 5.89. The van der Waals surface area contributed by atoms with E-state index in [-0.39, 0.29) is 28.3 Å². The first-order chi connectivity index (χ1) is 11.9. The molecule has 0 aliphatic rings. The summed E-state index contributed by atoms with van der Waals surface area (Å²) in [4.78, 5) is 14.2. The van der Waals surface area contributed by atoms with Gasteiger partial charge in [0.1, 0.15) is 29.1 Å². The van der Waals surface area contributed by atoms with Crippen LogP contribution in [0.4, 0.5) is 10.2 Å². The van der Waals surface area contributed by atoms with E-state index in [0.29, 0.717) is 18.1 Å². The summed E-state index contributed by atoms with van der Waals surface area (Å²) in [7, 11) is 0. The average Bonchev–Trinajstić information content (AvgIpc) is 2.55. The molecular formula is C18H17FN4O2. The number of nitrogens with one attached hydrogen (secondary N) is 1. The smallest absolute Gasteiger partial charge is 0.268 e. The lowest BCUT2D eigenvalue weighted by Crippen LogP contribution is -2.16. The Morgan fingerprint density at radius 1 is 1.28 bits per heavy atom. The molecule has 6 nitrogen and oxygen atoms in total. The van der Waals surface area contributed by atoms with Crippen molar-refractivity contribution >= 4 is 5.82 Å². The Kier molecular flexibility index (Phi) is 5.41. The van der Waals surface area contributed by atoms with Crippen LogP contribution in [-0.4, -0.2) is 11.6 Å². The first kappa shape index (κ1) is 18.0. The van der Waals surface area contributed by atoms with Crippen molar-refractivity contribution in [1.82, 2.24) is 4.98 Å². The Morgan fingerprint density at radius 2 is 1.96 bits per heavy atom. The maximum absolute atomic E-state index is 14.0. The number of H-pyrrole nitrogens is 1. The van der Waals surface area contributed by atoms with Crippen LogP contribution in [0.15, 0.2) is 23.0 Å². The number of hydrogen-bond acceptors (Lipinski definition) is 5. The fourth-order valence-electron chi connectivity index (χ4n) is 2.31. The molecule has 0 bridgehead atoms. The number of benzene rings is 1. The van der Waals surface area contributed by atoms with E-state index >= 15 is 0 Å². The largest absolute Gasteiger partial charge is 0.490 e. The molecule has 1 aromatic carbocycles. The number of anilines is 1. The molecule has 0 aliphatic heterocycles. The van der Waals surface area contributed by atoms with Crippen LogP contribution < -0.4 is 16.0 Å². The van der Waals surface area contributed by atoms with Crippen LogP contribution >= 0.6 is 0 Å². The SMILES string of the molecule is CC(C)CCOc1cc(-c2c(C#N)c(N)[nH]c(=O)c2C#N)ccc1F. The Labute approximate surface area is 144 Å². The van der Waals surface area contributed by atoms with Crippen LogP contribution in [-0.2, 0) is 0 Å². The third kappa shape index (κ3) is 3.78. The standard InChI is InChI=1S/C18H17FN4O2/c1-10(2)5-6-25-15-7-11(3-4-14(15)19)16-12(8-20)17(22)23-18(24)13(16)9-21/h3-4,7,10H,5-6H2,1-2H3,(H3,22,23,24). The molecule has 7 heteroatoms. The van der Waals surface area contributed by atoms with E-state index in [1.807, 2.05) is 19.9 Å². The predicted molar refractivity (Wildman–Crippen MR) is 91.2 cm³/mol. The number of pyridine rings is 1. The number of halogens is 1. The Balaban J connectivity index is 2.58. The quantitative estimate of drug-likeness (QED) is 0.868. The third-order valence-corrected chi connectivity index (χ3v) is 3.64. The van der Waals surface area contributed by atoms with Gasteiger partial charge >= 0.3 is 0 Å². The molecule has 0 amide bonds. The van der Waals surface area contributed by atoms with E-state index in [4.69, 9.17) is 10.5 Å². The predicted octanol–water partition coefficient (Wildman–Crippen LogP) is 2.93. The van der Waals surface area contributed by atoms with Crippen LogP contribution in [0, 0.1) is 34.4 Å². The number of rotatable bonds is 5. The zero-order valence-electron chi connectivity index (χ0n) is 13.9. The van der Waals surface area contributed by atoms with Gasteiger partial charge in [-0.05, 0) is 30.0 Å². The van der Waals surface area contributed by atoms with Gasteiger partial charge < -0.3 is 15.5 Å². The molecule has 0 unspecified atom stereocenters. The summed E-state index contributed by atoms with van der Waals surface area (Å²) in [6.45, 7) is 4.37. The molecule has 0 radical (unpaired) electrons. The Morgan fingerprint density at radius 3 is 2.56 bits per heavy atom. The maximum atomic E-state index is 14.0. The van der Waals surface area contributed by atoms with E-state index in [1.165, 1.54) is 18.2 Å². The molecule has 128 valence electrons. The molecule has 0 saturated heterocycles. The molecule has 1 aromatic heterocycles. The van der Waals surface area contributed by atoms with Crippen molar-refractivity contribution in [1.29, 1.82) is 10.5 Å². The first-order valence-electron chi connectivity index (χ1n) is 7.67. The van der Waals surface area contributed by atoms with E-state index < -0.39 is 11.4 Å². The lowest BCUT2D eigenvalue weighted by atomic mass is 9.96. The lowest BCUT2D eigenvalue weighted by molar-refractivity contribution is 0.277. The van der Waals surface area contributed by atoms with Gasteiger partial charge in [-0.1, -0.05) is 19.9 Å². The van der Waals surface area contributed by atoms with E-state index in [1.54, 1.807) is 6.07 Å². The minimum absolute atomic E-state index is 0.00946. The maximum Gasteiger partial charge on any atom is 0.268 e. The summed E-state index contributed by atoms with van der Waals surface area (Å²) < 4.78 is 19.4. The van der Waals surface area contributed by atoms with E-state index in [0.717, 1.165) is 6.42 Å². The molecule has 25 heavy (non-hydrogen) atoms. The van der Waals surface area contributed by atoms with E-state index in [2.05, 4.69) is 4.98 Å². The van der Waals surface area contributed by atoms with Gasteiger partial charge in [-0.15, -0.1) is 0 Å². The number of aromatic amines is 1. The number of nitrogens with zero attached hydrogens (tertiary/aromatic N) is 2. The van der Waals surface area contributed by atoms with Crippen molar-refractivity contribution in [2.75, 3.05) is 12.3 Å². The van der Waals surface area contributed by atoms with Crippen molar-refractivity contribution in [2.45, 2.75) is 20.3 Å². The topological polar surface area (TPSA) is 116 Å². The molecule has 2 aromatic rings. The van der Waals surface area contributed by atoms with Crippen LogP contribution in [0.2, 0.25) is 0 Å². The van der Waals surface area contributed by atoms with Gasteiger partial charge in [0, 0.05) is 5.56 Å². The average molecular weight is 340 g/mol. The number of nitrogens with two attached hydrogens (primary N) is 1. The summed E-state index contributed by atoms with van der Waals surface area (Å²) in [6.07, 6.45) is 0.745. The highest BCUT2D eigenvalue weighted by molar-refractivity contribution is 5.80. The van der Waals surface area contributed by atoms with E-state index in [9.17, 15) is 19.7 Å². The highest BCUT2D eigenvalue weighted by atomic mass is 19.1. The second kappa shape index (κ2) is 7.50. The molecule has 0 aliphatic carbocycles. The van der Waals surface area contributed by atoms with Crippen molar-refractivity contribution < 1.29 is 9.13 Å². The van der Waals surface area contributed by atoms with Gasteiger partial charge in [0.25, 0.3) is 5.56 Å². The highest BCUT2D eigenvalue weighted by Crippen LogP contribution is 2.31. The molecule has 0 spiro atoms. The van der Waals surface area contributed by atoms with Crippen LogP contribution in [0.25, 0.3) is 11.1 Å². The summed E-state index contributed by atoms with van der Waals surface area (Å²) >= 11 is 0. The Bertz CT molecular complexity index is 936. The summed E-state index contributed by atoms with van der Waals surface area (Å²) in [5.74, 6) is -0.325. The number of nitrogen functional groups attached to an aromatic ring is 1. The van der Waals surface area contributed by atoms with Gasteiger partial charge in [-0.3, -0.25) is 4.79 Å². The number of hydrogen-bond donors (Lipinski definition) is 2. The van der Waals surface area contributed by atoms with Crippen LogP contribution in [0.1, 0.15) is 31.4 Å². The lowest BCUT2D eigenvalue weighted by Gasteiger charge is -2.12. The van der Waals surface area contributed by atoms with Crippen molar-refractivity contribution in [3.8, 4) is 29.0 Å². The fraction of sp³-hybridized carbons (Fsp3) is 0.278. The van der Waals surface area contributed by atoms with Gasteiger partial charge in [0.05, 0.1) is 6.61 Å². The van der Waals surface area contributed by atoms with Gasteiger partial charge in [-0.25, -0.2) is 4.39 Å². The van der Waals surface area contributed by atoms with Crippen molar-refractivity contribution in [3.63, 3.8) is 0 Å². The summed E-state index contributed by atoms with van der Waals surface area (Å²) in [5, 5.41) is 18.6. The van der Waals surface area contributed by atoms with Crippen molar-refractivity contribution in [2.24, 2.45) is 5.92 Å². The Hall–Kier alpha value is -3.32. The first-order valence-corrected chi connectivity index (χ1v) is 7.67. The monoisotopic (exact) mass is 340 g/mol. The zero-order chi connectivity index (χ0) is 18.6. The van der Waals surface area contributed by atoms with Crippen LogP contribution in [0.3, 0.4) is 0 Å². The molecule has 2 rings (SSSR count). The number of nitriles is 2. The highest BCUT2D eigenvalue weighted by Gasteiger charge is 2.19. The minimum Gasteiger partial charge on any atom is -0.490 e. The normalized spacial score (nSPS) is 10.3. The minimum atomic E-state index is -0.708. The second-order valence-corrected chi connectivity index (χ2v) is 5.89. The fourth-order valence-corrected chi connectivity index (χ4v) is 2.31. The molecule has 3 N–H and O–H groups in total. The molecule has 0 fully saturated rings. The molecular weight excluding hydrogens is 323 g/mol. The molecule has 0 atom stereocenters. The third-order valence-electron chi connectivity index (χ3n) is 3.64. The van der Waals surface area contributed by atoms with Gasteiger partial charge in [0.2, 0.25) is 0 Å². The van der Waals surface area contributed by atoms with Gasteiger partial charge in [-0.2, -0.15) is 10.5 Å².